The van der Waals surface area contributed by atoms with Gasteiger partial charge in [0.25, 0.3) is 0 Å². The van der Waals surface area contributed by atoms with Gasteiger partial charge in [-0.15, -0.1) is 0 Å². The topological polar surface area (TPSA) is 21.7 Å². The largest absolute Gasteiger partial charge is 0.486 e. The molecule has 3 heteroatoms. The van der Waals surface area contributed by atoms with E-state index in [9.17, 15) is 0 Å². The smallest absolute Gasteiger partial charge is 0.161 e. The molecule has 3 aliphatic rings. The summed E-state index contributed by atoms with van der Waals surface area (Å²) in [7, 11) is 0. The third-order valence-electron chi connectivity index (χ3n) is 3.98. The number of hydrogen-bond acceptors (Lipinski definition) is 3. The summed E-state index contributed by atoms with van der Waals surface area (Å²) in [6, 6.07) is 0. The molecular weight excluding hydrogens is 238 g/mol. The fraction of sp³-hybridized carbons (Fsp3) is 0.625. The highest BCUT2D eigenvalue weighted by Crippen LogP contribution is 2.25. The molecule has 3 rings (SSSR count). The van der Waals surface area contributed by atoms with Crippen molar-refractivity contribution in [3.8, 4) is 0 Å². The van der Waals surface area contributed by atoms with E-state index in [-0.39, 0.29) is 0 Å². The minimum atomic E-state index is 0.671. The molecular formula is C16H23NO2. The second-order valence-corrected chi connectivity index (χ2v) is 5.44. The summed E-state index contributed by atoms with van der Waals surface area (Å²) < 4.78 is 11.3. The second-order valence-electron chi connectivity index (χ2n) is 5.44. The number of ether oxygens (including phenoxy) is 2. The van der Waals surface area contributed by atoms with Crippen LogP contribution in [0, 0.1) is 0 Å². The summed E-state index contributed by atoms with van der Waals surface area (Å²) in [4.78, 5) is 2.58. The standard InChI is InChI=1S/C16H23NO2/c1-2-9-17(8-1)10-4-6-14-5-3-7-15-16(13-14)19-12-11-18-15/h5,7,13H,1-4,6,8-12H2. The van der Waals surface area contributed by atoms with Crippen LogP contribution in [0.5, 0.6) is 0 Å². The van der Waals surface area contributed by atoms with Gasteiger partial charge in [0.05, 0.1) is 0 Å². The molecule has 0 radical (unpaired) electrons. The fourth-order valence-corrected chi connectivity index (χ4v) is 2.95. The van der Waals surface area contributed by atoms with Crippen LogP contribution >= 0.6 is 0 Å². The van der Waals surface area contributed by atoms with E-state index >= 15 is 0 Å². The Morgan fingerprint density at radius 3 is 2.63 bits per heavy atom. The zero-order valence-corrected chi connectivity index (χ0v) is 11.6. The van der Waals surface area contributed by atoms with Crippen LogP contribution in [0.1, 0.15) is 32.1 Å². The summed E-state index contributed by atoms with van der Waals surface area (Å²) in [6.45, 7) is 5.17. The average Bonchev–Trinajstić information content (AvgIpc) is 2.85. The molecule has 19 heavy (non-hydrogen) atoms. The Hall–Kier alpha value is -1.22. The van der Waals surface area contributed by atoms with E-state index in [0.29, 0.717) is 13.2 Å². The first kappa shape index (κ1) is 12.8. The fourth-order valence-electron chi connectivity index (χ4n) is 2.95. The predicted molar refractivity (Wildman–Crippen MR) is 75.7 cm³/mol. The summed E-state index contributed by atoms with van der Waals surface area (Å²) in [6.07, 6.45) is 12.7. The molecule has 2 aliphatic heterocycles. The summed E-state index contributed by atoms with van der Waals surface area (Å²) >= 11 is 0. The van der Waals surface area contributed by atoms with Crippen molar-refractivity contribution in [2.24, 2.45) is 0 Å². The maximum absolute atomic E-state index is 5.69. The number of fused-ring (bicyclic) bond motifs is 1. The molecule has 2 fully saturated rings. The first-order valence-corrected chi connectivity index (χ1v) is 7.51. The molecule has 0 amide bonds. The molecule has 2 heterocycles. The first-order chi connectivity index (χ1) is 9.42. The second kappa shape index (κ2) is 6.29. The Morgan fingerprint density at radius 2 is 1.79 bits per heavy atom. The van der Waals surface area contributed by atoms with Crippen LogP contribution in [0.2, 0.25) is 0 Å². The molecule has 104 valence electrons. The van der Waals surface area contributed by atoms with E-state index in [0.717, 1.165) is 24.4 Å². The van der Waals surface area contributed by atoms with E-state index in [4.69, 9.17) is 9.47 Å². The van der Waals surface area contributed by atoms with E-state index < -0.39 is 0 Å². The van der Waals surface area contributed by atoms with Crippen molar-refractivity contribution >= 4 is 0 Å². The molecule has 0 aromatic heterocycles. The van der Waals surface area contributed by atoms with Gasteiger partial charge in [-0.2, -0.15) is 0 Å². The zero-order chi connectivity index (χ0) is 12.9. The van der Waals surface area contributed by atoms with E-state index in [1.54, 1.807) is 0 Å². The summed E-state index contributed by atoms with van der Waals surface area (Å²) in [5, 5.41) is 0. The van der Waals surface area contributed by atoms with Crippen molar-refractivity contribution < 1.29 is 9.47 Å². The van der Waals surface area contributed by atoms with Gasteiger partial charge in [-0.05, 0) is 69.5 Å². The molecule has 0 aromatic rings. The molecule has 3 nitrogen and oxygen atoms in total. The minimum Gasteiger partial charge on any atom is -0.486 e. The van der Waals surface area contributed by atoms with Crippen LogP contribution in [0.15, 0.2) is 35.3 Å². The minimum absolute atomic E-state index is 0.671. The lowest BCUT2D eigenvalue weighted by Gasteiger charge is -2.20. The Morgan fingerprint density at radius 1 is 1.00 bits per heavy atom. The van der Waals surface area contributed by atoms with Crippen LogP contribution in [0.4, 0.5) is 0 Å². The Kier molecular flexibility index (Phi) is 4.23. The third-order valence-corrected chi connectivity index (χ3v) is 3.98. The highest BCUT2D eigenvalue weighted by Gasteiger charge is 2.16. The van der Waals surface area contributed by atoms with Gasteiger partial charge < -0.3 is 14.4 Å². The number of likely N-dealkylation sites (tertiary alicyclic amines) is 1. The molecule has 0 saturated carbocycles. The van der Waals surface area contributed by atoms with Gasteiger partial charge in [0.2, 0.25) is 0 Å². The van der Waals surface area contributed by atoms with Crippen molar-refractivity contribution in [3.63, 3.8) is 0 Å². The molecule has 0 spiro atoms. The van der Waals surface area contributed by atoms with Crippen molar-refractivity contribution in [1.82, 2.24) is 4.90 Å². The molecule has 0 atom stereocenters. The van der Waals surface area contributed by atoms with E-state index in [1.165, 1.54) is 44.5 Å². The Balaban J connectivity index is 1.51. The molecule has 0 bridgehead atoms. The van der Waals surface area contributed by atoms with Crippen LogP contribution in [0.25, 0.3) is 0 Å². The van der Waals surface area contributed by atoms with Gasteiger partial charge in [-0.3, -0.25) is 0 Å². The van der Waals surface area contributed by atoms with Crippen LogP contribution in [0.3, 0.4) is 0 Å². The number of nitrogens with zero attached hydrogens (tertiary/aromatic N) is 1. The van der Waals surface area contributed by atoms with Gasteiger partial charge in [-0.1, -0.05) is 6.08 Å². The quantitative estimate of drug-likeness (QED) is 0.776. The van der Waals surface area contributed by atoms with Gasteiger partial charge in [0.1, 0.15) is 13.2 Å². The van der Waals surface area contributed by atoms with Crippen LogP contribution < -0.4 is 0 Å². The number of hydrogen-bond donors (Lipinski definition) is 0. The molecule has 0 aromatic carbocycles. The van der Waals surface area contributed by atoms with E-state index in [1.807, 2.05) is 0 Å². The molecule has 1 aliphatic carbocycles. The monoisotopic (exact) mass is 261 g/mol. The van der Waals surface area contributed by atoms with Crippen molar-refractivity contribution in [1.29, 1.82) is 0 Å². The van der Waals surface area contributed by atoms with Gasteiger partial charge in [-0.25, -0.2) is 0 Å². The number of rotatable bonds is 4. The zero-order valence-electron chi connectivity index (χ0n) is 11.6. The molecule has 2 saturated heterocycles. The summed E-state index contributed by atoms with van der Waals surface area (Å²) in [5.41, 5.74) is 1.39. The Labute approximate surface area is 115 Å². The highest BCUT2D eigenvalue weighted by molar-refractivity contribution is 5.34. The lowest BCUT2D eigenvalue weighted by Crippen LogP contribution is -2.20. The highest BCUT2D eigenvalue weighted by atomic mass is 16.6. The number of allylic oxidation sites excluding steroid dienone is 4. The van der Waals surface area contributed by atoms with Gasteiger partial charge in [0.15, 0.2) is 11.5 Å². The van der Waals surface area contributed by atoms with Gasteiger partial charge in [0, 0.05) is 0 Å². The third kappa shape index (κ3) is 3.41. The van der Waals surface area contributed by atoms with Crippen molar-refractivity contribution in [2.45, 2.75) is 32.1 Å². The SMILES string of the molecule is C1=C(CCCN2CCCC2)C=C2OCCOC2=CC1. The van der Waals surface area contributed by atoms with Gasteiger partial charge >= 0.3 is 0 Å². The Bertz CT molecular complexity index is 403. The van der Waals surface area contributed by atoms with Crippen molar-refractivity contribution in [2.75, 3.05) is 32.8 Å². The molecule has 0 N–H and O–H groups in total. The predicted octanol–water partition coefficient (Wildman–Crippen LogP) is 3.01. The molecule has 0 unspecified atom stereocenters. The van der Waals surface area contributed by atoms with Crippen LogP contribution in [-0.4, -0.2) is 37.7 Å². The lowest BCUT2D eigenvalue weighted by atomic mass is 10.1. The average molecular weight is 261 g/mol. The van der Waals surface area contributed by atoms with E-state index in [2.05, 4.69) is 23.1 Å². The normalized spacial score (nSPS) is 23.5. The van der Waals surface area contributed by atoms with Crippen molar-refractivity contribution in [3.05, 3.63) is 35.3 Å². The maximum atomic E-state index is 5.69. The lowest BCUT2D eigenvalue weighted by molar-refractivity contribution is 0.0592. The van der Waals surface area contributed by atoms with Crippen LogP contribution in [-0.2, 0) is 9.47 Å². The first-order valence-electron chi connectivity index (χ1n) is 7.51. The summed E-state index contributed by atoms with van der Waals surface area (Å²) in [5.74, 6) is 1.85. The maximum Gasteiger partial charge on any atom is 0.161 e.